The summed E-state index contributed by atoms with van der Waals surface area (Å²) in [5.41, 5.74) is 0.521. The van der Waals surface area contributed by atoms with E-state index in [9.17, 15) is 9.59 Å². The zero-order valence-electron chi connectivity index (χ0n) is 15.1. The monoisotopic (exact) mass is 406 g/mol. The fourth-order valence-electron chi connectivity index (χ4n) is 2.90. The van der Waals surface area contributed by atoms with Gasteiger partial charge in [0, 0.05) is 5.02 Å². The van der Waals surface area contributed by atoms with Crippen molar-refractivity contribution in [3.63, 3.8) is 0 Å². The molecule has 0 aliphatic heterocycles. The lowest BCUT2D eigenvalue weighted by Gasteiger charge is -2.12. The fraction of sp³-hybridized carbons (Fsp3) is 0.0435. The van der Waals surface area contributed by atoms with Gasteiger partial charge in [-0.25, -0.2) is 9.59 Å². The third kappa shape index (κ3) is 4.15. The lowest BCUT2D eigenvalue weighted by Crippen LogP contribution is -2.19. The van der Waals surface area contributed by atoms with Gasteiger partial charge in [0.1, 0.15) is 16.9 Å². The quantitative estimate of drug-likeness (QED) is 0.341. The van der Waals surface area contributed by atoms with E-state index in [1.807, 2.05) is 6.07 Å². The maximum absolute atomic E-state index is 12.6. The van der Waals surface area contributed by atoms with Crippen LogP contribution in [0.1, 0.15) is 0 Å². The van der Waals surface area contributed by atoms with Crippen molar-refractivity contribution in [2.75, 3.05) is 6.61 Å². The number of rotatable bonds is 5. The molecule has 0 aliphatic rings. The highest BCUT2D eigenvalue weighted by Crippen LogP contribution is 2.34. The number of carbonyl (C=O) groups is 1. The molecule has 0 saturated carbocycles. The minimum absolute atomic E-state index is 0.146. The summed E-state index contributed by atoms with van der Waals surface area (Å²) in [5.74, 6) is -0.0206. The van der Waals surface area contributed by atoms with Gasteiger partial charge in [-0.15, -0.1) is 0 Å². The molecule has 0 bridgehead atoms. The lowest BCUT2D eigenvalue weighted by molar-refractivity contribution is -0.136. The van der Waals surface area contributed by atoms with E-state index >= 15 is 0 Å². The van der Waals surface area contributed by atoms with Crippen LogP contribution in [0.3, 0.4) is 0 Å². The predicted molar refractivity (Wildman–Crippen MR) is 111 cm³/mol. The van der Waals surface area contributed by atoms with Crippen LogP contribution in [0.15, 0.2) is 88.1 Å². The van der Waals surface area contributed by atoms with Gasteiger partial charge >= 0.3 is 11.6 Å². The highest BCUT2D eigenvalue weighted by atomic mass is 35.5. The van der Waals surface area contributed by atoms with Crippen molar-refractivity contribution in [2.45, 2.75) is 0 Å². The highest BCUT2D eigenvalue weighted by Gasteiger charge is 2.20. The molecule has 6 heteroatoms. The van der Waals surface area contributed by atoms with Crippen LogP contribution in [-0.2, 0) is 4.79 Å². The smallest absolute Gasteiger partial charge is 0.349 e. The number of para-hydroxylation sites is 1. The summed E-state index contributed by atoms with van der Waals surface area (Å²) >= 11 is 5.84. The van der Waals surface area contributed by atoms with Gasteiger partial charge in [-0.2, -0.15) is 0 Å². The molecule has 0 fully saturated rings. The number of hydrogen-bond donors (Lipinski definition) is 0. The van der Waals surface area contributed by atoms with Gasteiger partial charge in [0.25, 0.3) is 0 Å². The Morgan fingerprint density at radius 2 is 1.59 bits per heavy atom. The van der Waals surface area contributed by atoms with Crippen LogP contribution in [-0.4, -0.2) is 12.6 Å². The summed E-state index contributed by atoms with van der Waals surface area (Å²) in [4.78, 5) is 25.1. The van der Waals surface area contributed by atoms with Gasteiger partial charge in [-0.05, 0) is 42.0 Å². The van der Waals surface area contributed by atoms with E-state index in [1.165, 1.54) is 0 Å². The van der Waals surface area contributed by atoms with Crippen molar-refractivity contribution >= 4 is 28.5 Å². The minimum atomic E-state index is -0.645. The largest absolute Gasteiger partial charge is 0.482 e. The third-order valence-corrected chi connectivity index (χ3v) is 4.47. The second kappa shape index (κ2) is 8.20. The Morgan fingerprint density at radius 1 is 0.897 bits per heavy atom. The van der Waals surface area contributed by atoms with Gasteiger partial charge in [-0.3, -0.25) is 0 Å². The molecule has 0 spiro atoms. The summed E-state index contributed by atoms with van der Waals surface area (Å²) < 4.78 is 16.5. The van der Waals surface area contributed by atoms with Crippen LogP contribution in [0.4, 0.5) is 0 Å². The zero-order valence-corrected chi connectivity index (χ0v) is 15.9. The number of carbonyl (C=O) groups excluding carboxylic acids is 1. The van der Waals surface area contributed by atoms with Crippen LogP contribution in [0.2, 0.25) is 5.02 Å². The average molecular weight is 407 g/mol. The molecule has 4 aromatic rings. The molecule has 3 aromatic carbocycles. The standard InChI is InChI=1S/C23H15ClO5/c24-16-10-12-17(13-11-16)27-14-20(25)29-22-18-8-4-5-9-19(18)28-23(26)21(22)15-6-2-1-3-7-15/h1-13H,14H2. The van der Waals surface area contributed by atoms with Crippen LogP contribution in [0.5, 0.6) is 11.5 Å². The molecular weight excluding hydrogens is 392 g/mol. The van der Waals surface area contributed by atoms with Gasteiger partial charge in [0.15, 0.2) is 12.4 Å². The van der Waals surface area contributed by atoms with Crippen molar-refractivity contribution < 1.29 is 18.7 Å². The first-order valence-corrected chi connectivity index (χ1v) is 9.20. The Labute approximate surface area is 171 Å². The molecule has 4 rings (SSSR count). The van der Waals surface area contributed by atoms with Crippen LogP contribution >= 0.6 is 11.6 Å². The second-order valence-corrected chi connectivity index (χ2v) is 6.61. The molecule has 0 amide bonds. The summed E-state index contributed by atoms with van der Waals surface area (Å²) in [6, 6.07) is 22.4. The van der Waals surface area contributed by atoms with Gasteiger partial charge in [-0.1, -0.05) is 54.1 Å². The molecule has 1 heterocycles. The van der Waals surface area contributed by atoms with E-state index in [-0.39, 0.29) is 17.9 Å². The fourth-order valence-corrected chi connectivity index (χ4v) is 3.02. The molecule has 0 radical (unpaired) electrons. The first-order chi connectivity index (χ1) is 14.1. The van der Waals surface area contributed by atoms with E-state index < -0.39 is 11.6 Å². The van der Waals surface area contributed by atoms with E-state index in [2.05, 4.69) is 0 Å². The first kappa shape index (κ1) is 18.8. The number of esters is 1. The molecule has 0 aliphatic carbocycles. The minimum Gasteiger partial charge on any atom is -0.482 e. The van der Waals surface area contributed by atoms with E-state index in [0.717, 1.165) is 0 Å². The summed E-state index contributed by atoms with van der Waals surface area (Å²) in [7, 11) is 0. The Morgan fingerprint density at radius 3 is 2.34 bits per heavy atom. The molecule has 5 nitrogen and oxygen atoms in total. The molecule has 0 saturated heterocycles. The number of hydrogen-bond acceptors (Lipinski definition) is 5. The summed E-state index contributed by atoms with van der Waals surface area (Å²) in [6.45, 7) is -0.329. The molecular formula is C23H15ClO5. The number of halogens is 1. The van der Waals surface area contributed by atoms with Crippen molar-refractivity contribution in [3.8, 4) is 22.6 Å². The third-order valence-electron chi connectivity index (χ3n) is 4.21. The molecule has 0 atom stereocenters. The van der Waals surface area contributed by atoms with E-state index in [4.69, 9.17) is 25.5 Å². The molecule has 144 valence electrons. The van der Waals surface area contributed by atoms with Crippen molar-refractivity contribution in [3.05, 3.63) is 94.3 Å². The second-order valence-electron chi connectivity index (χ2n) is 6.17. The van der Waals surface area contributed by atoms with Gasteiger partial charge < -0.3 is 13.9 Å². The summed E-state index contributed by atoms with van der Waals surface area (Å²) in [6.07, 6.45) is 0. The van der Waals surface area contributed by atoms with Crippen LogP contribution in [0, 0.1) is 0 Å². The Hall–Kier alpha value is -3.57. The van der Waals surface area contributed by atoms with Crippen molar-refractivity contribution in [2.24, 2.45) is 0 Å². The zero-order chi connectivity index (χ0) is 20.2. The maximum atomic E-state index is 12.6. The molecule has 0 N–H and O–H groups in total. The van der Waals surface area contributed by atoms with Crippen molar-refractivity contribution in [1.29, 1.82) is 0 Å². The van der Waals surface area contributed by atoms with Gasteiger partial charge in [0.05, 0.1) is 5.39 Å². The lowest BCUT2D eigenvalue weighted by atomic mass is 10.0. The van der Waals surface area contributed by atoms with Crippen molar-refractivity contribution in [1.82, 2.24) is 0 Å². The van der Waals surface area contributed by atoms with E-state index in [0.29, 0.717) is 27.3 Å². The summed E-state index contributed by atoms with van der Waals surface area (Å²) in [5, 5.41) is 1.08. The first-order valence-electron chi connectivity index (χ1n) is 8.82. The highest BCUT2D eigenvalue weighted by molar-refractivity contribution is 6.30. The number of ether oxygens (including phenoxy) is 2. The topological polar surface area (TPSA) is 65.7 Å². The Kier molecular flexibility index (Phi) is 5.31. The number of benzene rings is 3. The molecule has 0 unspecified atom stereocenters. The van der Waals surface area contributed by atoms with Crippen LogP contribution in [0.25, 0.3) is 22.1 Å². The molecule has 29 heavy (non-hydrogen) atoms. The Bertz CT molecular complexity index is 1210. The van der Waals surface area contributed by atoms with Gasteiger partial charge in [0.2, 0.25) is 0 Å². The normalized spacial score (nSPS) is 10.7. The Balaban J connectivity index is 1.69. The average Bonchev–Trinajstić information content (AvgIpc) is 2.74. The van der Waals surface area contributed by atoms with E-state index in [1.54, 1.807) is 72.8 Å². The maximum Gasteiger partial charge on any atom is 0.349 e. The SMILES string of the molecule is O=C(COc1ccc(Cl)cc1)Oc1c(-c2ccccc2)c(=O)oc2ccccc12. The number of fused-ring (bicyclic) bond motifs is 1. The molecule has 1 aromatic heterocycles. The van der Waals surface area contributed by atoms with Crippen LogP contribution < -0.4 is 15.1 Å². The predicted octanol–water partition coefficient (Wildman–Crippen LogP) is 5.10.